The van der Waals surface area contributed by atoms with Crippen LogP contribution >= 0.6 is 0 Å². The van der Waals surface area contributed by atoms with Crippen molar-refractivity contribution in [3.8, 4) is 5.75 Å². The molecule has 0 aliphatic rings. The summed E-state index contributed by atoms with van der Waals surface area (Å²) in [5.41, 5.74) is 5.06. The summed E-state index contributed by atoms with van der Waals surface area (Å²) in [7, 11) is 1.61. The van der Waals surface area contributed by atoms with Crippen LogP contribution in [0.25, 0.3) is 0 Å². The average Bonchev–Trinajstić information content (AvgIpc) is 3.17. The molecule has 0 radical (unpaired) electrons. The first-order valence-electron chi connectivity index (χ1n) is 9.19. The van der Waals surface area contributed by atoms with E-state index in [0.717, 1.165) is 29.7 Å². The molecule has 1 aromatic heterocycles. The number of ether oxygens (including phenoxy) is 1. The third kappa shape index (κ3) is 6.42. The summed E-state index contributed by atoms with van der Waals surface area (Å²) in [4.78, 5) is 0. The highest BCUT2D eigenvalue weighted by molar-refractivity contribution is 5.29. The van der Waals surface area contributed by atoms with Gasteiger partial charge in [0.15, 0.2) is 0 Å². The van der Waals surface area contributed by atoms with E-state index in [0.29, 0.717) is 24.4 Å². The van der Waals surface area contributed by atoms with Crippen LogP contribution in [0.5, 0.6) is 5.75 Å². The molecule has 0 amide bonds. The smallest absolute Gasteiger partial charge is 0.133 e. The van der Waals surface area contributed by atoms with E-state index < -0.39 is 12.2 Å². The number of methoxy groups -OCH3 is 1. The van der Waals surface area contributed by atoms with Crippen molar-refractivity contribution in [2.24, 2.45) is 0 Å². The average molecular weight is 372 g/mol. The SMILES string of the molecule is CCCC(=C=CC[C@@H](O)c1ccc(CO)o1)C[C@@H](O)c1ccc(OC)cc1. The minimum absolute atomic E-state index is 0.188. The summed E-state index contributed by atoms with van der Waals surface area (Å²) < 4.78 is 10.5. The molecule has 1 heterocycles. The lowest BCUT2D eigenvalue weighted by molar-refractivity contribution is 0.145. The molecule has 1 aromatic carbocycles. The van der Waals surface area contributed by atoms with E-state index in [1.807, 2.05) is 24.3 Å². The van der Waals surface area contributed by atoms with E-state index in [9.17, 15) is 10.2 Å². The van der Waals surface area contributed by atoms with Gasteiger partial charge in [0.25, 0.3) is 0 Å². The Hall–Kier alpha value is -2.30. The summed E-state index contributed by atoms with van der Waals surface area (Å²) in [5.74, 6) is 1.61. The maximum absolute atomic E-state index is 10.5. The van der Waals surface area contributed by atoms with Gasteiger partial charge in [-0.15, -0.1) is 5.73 Å². The lowest BCUT2D eigenvalue weighted by atomic mass is 9.99. The number of hydrogen-bond acceptors (Lipinski definition) is 5. The Morgan fingerprint density at radius 1 is 1.15 bits per heavy atom. The van der Waals surface area contributed by atoms with Crippen molar-refractivity contribution < 1.29 is 24.5 Å². The molecule has 0 spiro atoms. The molecule has 0 aliphatic heterocycles. The van der Waals surface area contributed by atoms with Gasteiger partial charge in [-0.25, -0.2) is 0 Å². The maximum Gasteiger partial charge on any atom is 0.133 e. The standard InChI is InChI=1S/C22H28O5/c1-3-5-16(14-21(25)17-8-10-18(26-2)11-9-17)6-4-7-20(24)22-13-12-19(15-23)27-22/h4,8-13,20-21,23-25H,3,5,7,14-15H2,1-2H3/t6?,20-,21-/m1/s1. The van der Waals surface area contributed by atoms with E-state index >= 15 is 0 Å². The fourth-order valence-electron chi connectivity index (χ4n) is 2.80. The molecular formula is C22H28O5. The highest BCUT2D eigenvalue weighted by Gasteiger charge is 2.12. The van der Waals surface area contributed by atoms with E-state index in [4.69, 9.17) is 14.3 Å². The zero-order valence-corrected chi connectivity index (χ0v) is 15.9. The number of aliphatic hydroxyl groups excluding tert-OH is 3. The van der Waals surface area contributed by atoms with E-state index in [2.05, 4.69) is 12.7 Å². The number of benzene rings is 1. The van der Waals surface area contributed by atoms with Crippen LogP contribution in [0.1, 0.15) is 61.9 Å². The number of furan rings is 1. The van der Waals surface area contributed by atoms with Crippen LogP contribution < -0.4 is 4.74 Å². The minimum Gasteiger partial charge on any atom is -0.497 e. The van der Waals surface area contributed by atoms with Crippen molar-refractivity contribution in [2.75, 3.05) is 7.11 Å². The summed E-state index contributed by atoms with van der Waals surface area (Å²) in [5, 5.41) is 29.7. The Balaban J connectivity index is 2.01. The van der Waals surface area contributed by atoms with Gasteiger partial charge in [0, 0.05) is 12.8 Å². The summed E-state index contributed by atoms with van der Waals surface area (Å²) in [6, 6.07) is 10.7. The molecule has 3 N–H and O–H groups in total. The van der Waals surface area contributed by atoms with Gasteiger partial charge in [0.1, 0.15) is 30.0 Å². The fourth-order valence-corrected chi connectivity index (χ4v) is 2.80. The Kier molecular flexibility index (Phi) is 8.37. The van der Waals surface area contributed by atoms with Crippen LogP contribution in [0.4, 0.5) is 0 Å². The highest BCUT2D eigenvalue weighted by atomic mass is 16.5. The van der Waals surface area contributed by atoms with Crippen LogP contribution in [-0.2, 0) is 6.61 Å². The molecule has 2 atom stereocenters. The third-order valence-electron chi connectivity index (χ3n) is 4.31. The van der Waals surface area contributed by atoms with Gasteiger partial charge in [-0.2, -0.15) is 0 Å². The van der Waals surface area contributed by atoms with E-state index in [1.165, 1.54) is 0 Å². The monoisotopic (exact) mass is 372 g/mol. The van der Waals surface area contributed by atoms with Gasteiger partial charge in [-0.1, -0.05) is 25.5 Å². The van der Waals surface area contributed by atoms with Gasteiger partial charge in [-0.3, -0.25) is 0 Å². The molecule has 0 saturated carbocycles. The first-order valence-corrected chi connectivity index (χ1v) is 9.19. The quantitative estimate of drug-likeness (QED) is 0.544. The van der Waals surface area contributed by atoms with E-state index in [-0.39, 0.29) is 6.61 Å². The molecule has 0 bridgehead atoms. The molecule has 27 heavy (non-hydrogen) atoms. The first kappa shape index (κ1) is 21.0. The maximum atomic E-state index is 10.5. The second kappa shape index (κ2) is 10.8. The minimum atomic E-state index is -0.785. The molecule has 0 aliphatic carbocycles. The predicted molar refractivity (Wildman–Crippen MR) is 103 cm³/mol. The van der Waals surface area contributed by atoms with Crippen molar-refractivity contribution >= 4 is 0 Å². The molecule has 5 nitrogen and oxygen atoms in total. The molecule has 2 aromatic rings. The van der Waals surface area contributed by atoms with Crippen LogP contribution in [0.3, 0.4) is 0 Å². The Morgan fingerprint density at radius 3 is 2.48 bits per heavy atom. The summed E-state index contributed by atoms with van der Waals surface area (Å²) >= 11 is 0. The van der Waals surface area contributed by atoms with Gasteiger partial charge in [0.2, 0.25) is 0 Å². The molecular weight excluding hydrogens is 344 g/mol. The van der Waals surface area contributed by atoms with Crippen LogP contribution in [0, 0.1) is 0 Å². The Morgan fingerprint density at radius 2 is 1.89 bits per heavy atom. The zero-order chi connectivity index (χ0) is 19.6. The molecule has 146 valence electrons. The normalized spacial score (nSPS) is 12.9. The second-order valence-electron chi connectivity index (χ2n) is 6.41. The largest absolute Gasteiger partial charge is 0.497 e. The van der Waals surface area contributed by atoms with Crippen molar-refractivity contribution in [1.29, 1.82) is 0 Å². The number of rotatable bonds is 10. The summed E-state index contributed by atoms with van der Waals surface area (Å²) in [6.07, 6.45) is 3.00. The van der Waals surface area contributed by atoms with Crippen molar-refractivity contribution in [3.05, 3.63) is 70.9 Å². The van der Waals surface area contributed by atoms with Crippen LogP contribution in [0.15, 0.2) is 58.2 Å². The predicted octanol–water partition coefficient (Wildman–Crippen LogP) is 4.21. The topological polar surface area (TPSA) is 83.1 Å². The molecule has 0 unspecified atom stereocenters. The van der Waals surface area contributed by atoms with Gasteiger partial charge < -0.3 is 24.5 Å². The fraction of sp³-hybridized carbons (Fsp3) is 0.409. The highest BCUT2D eigenvalue weighted by Crippen LogP contribution is 2.25. The lowest BCUT2D eigenvalue weighted by Crippen LogP contribution is -1.99. The van der Waals surface area contributed by atoms with Crippen LogP contribution in [0.2, 0.25) is 0 Å². The Bertz CT molecular complexity index is 753. The summed E-state index contributed by atoms with van der Waals surface area (Å²) in [6.45, 7) is 1.89. The van der Waals surface area contributed by atoms with Crippen molar-refractivity contribution in [3.63, 3.8) is 0 Å². The zero-order valence-electron chi connectivity index (χ0n) is 15.9. The second-order valence-corrected chi connectivity index (χ2v) is 6.41. The van der Waals surface area contributed by atoms with Gasteiger partial charge in [-0.05, 0) is 47.9 Å². The molecule has 2 rings (SSSR count). The molecule has 0 saturated heterocycles. The first-order chi connectivity index (χ1) is 13.1. The third-order valence-corrected chi connectivity index (χ3v) is 4.31. The molecule has 5 heteroatoms. The number of aliphatic hydroxyl groups is 3. The number of hydrogen-bond donors (Lipinski definition) is 3. The van der Waals surface area contributed by atoms with Crippen LogP contribution in [-0.4, -0.2) is 22.4 Å². The van der Waals surface area contributed by atoms with E-state index in [1.54, 1.807) is 25.3 Å². The van der Waals surface area contributed by atoms with Crippen molar-refractivity contribution in [1.82, 2.24) is 0 Å². The van der Waals surface area contributed by atoms with Crippen molar-refractivity contribution in [2.45, 2.75) is 51.4 Å². The lowest BCUT2D eigenvalue weighted by Gasteiger charge is -2.13. The Labute approximate surface area is 160 Å². The molecule has 0 fully saturated rings. The van der Waals surface area contributed by atoms with Gasteiger partial charge in [0.05, 0.1) is 13.2 Å². The van der Waals surface area contributed by atoms with Gasteiger partial charge >= 0.3 is 0 Å².